The van der Waals surface area contributed by atoms with Crippen molar-refractivity contribution < 1.29 is 13.2 Å². The fourth-order valence-electron chi connectivity index (χ4n) is 3.19. The number of hydrogen-bond acceptors (Lipinski definition) is 4. The first-order valence-electron chi connectivity index (χ1n) is 9.37. The van der Waals surface area contributed by atoms with Gasteiger partial charge in [-0.25, -0.2) is 8.42 Å². The molecular weight excluding hydrogens is 376 g/mol. The van der Waals surface area contributed by atoms with Crippen molar-refractivity contribution in [2.45, 2.75) is 71.7 Å². The molecule has 154 valence electrons. The summed E-state index contributed by atoms with van der Waals surface area (Å²) in [5.41, 5.74) is 2.39. The molecule has 0 fully saturated rings. The fourth-order valence-corrected chi connectivity index (χ4v) is 4.71. The number of rotatable bonds is 6. The third-order valence-electron chi connectivity index (χ3n) is 4.46. The Bertz CT molecular complexity index is 986. The number of carbonyl (C=O) groups is 1. The molecule has 2 rings (SSSR count). The van der Waals surface area contributed by atoms with E-state index >= 15 is 0 Å². The predicted octanol–water partition coefficient (Wildman–Crippen LogP) is 4.10. The molecule has 0 spiro atoms. The number of nitrogens with one attached hydrogen (secondary N) is 2. The minimum atomic E-state index is -3.84. The zero-order valence-corrected chi connectivity index (χ0v) is 18.5. The molecule has 0 aliphatic carbocycles. The largest absolute Gasteiger partial charge is 0.326 e. The Balaban J connectivity index is 2.41. The van der Waals surface area contributed by atoms with Crippen molar-refractivity contribution in [3.63, 3.8) is 0 Å². The lowest BCUT2D eigenvalue weighted by Gasteiger charge is -2.21. The summed E-state index contributed by atoms with van der Waals surface area (Å²) in [7, 11) is -3.84. The van der Waals surface area contributed by atoms with Crippen LogP contribution in [0, 0.1) is 20.8 Å². The summed E-state index contributed by atoms with van der Waals surface area (Å²) in [4.78, 5) is 12.1. The third-order valence-corrected chi connectivity index (χ3v) is 6.08. The average Bonchev–Trinajstić information content (AvgIpc) is 2.87. The molecule has 1 amide bonds. The zero-order chi connectivity index (χ0) is 21.3. The summed E-state index contributed by atoms with van der Waals surface area (Å²) in [6.07, 6.45) is 1.16. The van der Waals surface area contributed by atoms with Gasteiger partial charge in [0.15, 0.2) is 0 Å². The van der Waals surface area contributed by atoms with E-state index < -0.39 is 10.0 Å². The van der Waals surface area contributed by atoms with Gasteiger partial charge in [-0.2, -0.15) is 5.10 Å². The van der Waals surface area contributed by atoms with Crippen LogP contribution in [0.15, 0.2) is 23.1 Å². The van der Waals surface area contributed by atoms with Gasteiger partial charge in [-0.1, -0.05) is 13.0 Å². The summed E-state index contributed by atoms with van der Waals surface area (Å²) < 4.78 is 30.6. The molecule has 28 heavy (non-hydrogen) atoms. The van der Waals surface area contributed by atoms with Crippen molar-refractivity contribution in [3.8, 4) is 0 Å². The van der Waals surface area contributed by atoms with Gasteiger partial charge in [0.25, 0.3) is 10.0 Å². The molecule has 0 saturated heterocycles. The Morgan fingerprint density at radius 3 is 2.29 bits per heavy atom. The molecule has 2 aromatic rings. The van der Waals surface area contributed by atoms with E-state index in [0.29, 0.717) is 34.7 Å². The van der Waals surface area contributed by atoms with E-state index in [1.807, 2.05) is 27.7 Å². The molecule has 1 aromatic carbocycles. The van der Waals surface area contributed by atoms with Crippen molar-refractivity contribution in [2.24, 2.45) is 0 Å². The number of amides is 1. The monoisotopic (exact) mass is 406 g/mol. The lowest BCUT2D eigenvalue weighted by molar-refractivity contribution is -0.116. The summed E-state index contributed by atoms with van der Waals surface area (Å²) >= 11 is 0. The fraction of sp³-hybridized carbons (Fsp3) is 0.500. The van der Waals surface area contributed by atoms with Crippen LogP contribution >= 0.6 is 0 Å². The van der Waals surface area contributed by atoms with E-state index in [-0.39, 0.29) is 16.3 Å². The molecule has 0 atom stereocenters. The topological polar surface area (TPSA) is 93.1 Å². The van der Waals surface area contributed by atoms with Crippen LogP contribution in [0.3, 0.4) is 0 Å². The number of aromatic nitrogens is 2. The second kappa shape index (κ2) is 7.95. The van der Waals surface area contributed by atoms with Crippen LogP contribution in [0.25, 0.3) is 0 Å². The van der Waals surface area contributed by atoms with Crippen LogP contribution in [-0.2, 0) is 20.4 Å². The Labute approximate surface area is 167 Å². The molecule has 0 saturated carbocycles. The molecule has 7 nitrogen and oxygen atoms in total. The van der Waals surface area contributed by atoms with Gasteiger partial charge in [0, 0.05) is 12.1 Å². The van der Waals surface area contributed by atoms with Gasteiger partial charge in [-0.05, 0) is 65.7 Å². The molecule has 0 bridgehead atoms. The van der Waals surface area contributed by atoms with E-state index in [9.17, 15) is 13.2 Å². The second-order valence-corrected chi connectivity index (χ2v) is 9.58. The number of hydrogen-bond donors (Lipinski definition) is 2. The van der Waals surface area contributed by atoms with Crippen molar-refractivity contribution in [2.75, 3.05) is 10.0 Å². The van der Waals surface area contributed by atoms with E-state index in [4.69, 9.17) is 0 Å². The van der Waals surface area contributed by atoms with Gasteiger partial charge in [0.05, 0.1) is 22.6 Å². The molecule has 8 heteroatoms. The van der Waals surface area contributed by atoms with E-state index in [0.717, 1.165) is 6.42 Å². The SMILES string of the molecule is CCCC(=O)Nc1cccc(NS(=O)(=O)c2c(C)nn(C(C)(C)C)c2C)c1C. The first kappa shape index (κ1) is 21.9. The second-order valence-electron chi connectivity index (χ2n) is 7.96. The van der Waals surface area contributed by atoms with Gasteiger partial charge in [0.2, 0.25) is 5.91 Å². The van der Waals surface area contributed by atoms with Gasteiger partial charge in [0.1, 0.15) is 4.90 Å². The predicted molar refractivity (Wildman–Crippen MR) is 112 cm³/mol. The molecule has 0 unspecified atom stereocenters. The zero-order valence-electron chi connectivity index (χ0n) is 17.7. The highest BCUT2D eigenvalue weighted by molar-refractivity contribution is 7.92. The van der Waals surface area contributed by atoms with Gasteiger partial charge in [-0.3, -0.25) is 14.2 Å². The minimum absolute atomic E-state index is 0.0938. The van der Waals surface area contributed by atoms with Gasteiger partial charge < -0.3 is 5.32 Å². The summed E-state index contributed by atoms with van der Waals surface area (Å²) in [6.45, 7) is 13.1. The first-order chi connectivity index (χ1) is 12.9. The number of nitrogens with zero attached hydrogens (tertiary/aromatic N) is 2. The third kappa shape index (κ3) is 4.55. The van der Waals surface area contributed by atoms with Crippen LogP contribution in [0.2, 0.25) is 0 Å². The average molecular weight is 407 g/mol. The Hall–Kier alpha value is -2.35. The van der Waals surface area contributed by atoms with Crippen LogP contribution in [0.1, 0.15) is 57.5 Å². The Morgan fingerprint density at radius 1 is 1.14 bits per heavy atom. The number of carbonyl (C=O) groups excluding carboxylic acids is 1. The smallest absolute Gasteiger partial charge is 0.265 e. The maximum atomic E-state index is 13.1. The highest BCUT2D eigenvalue weighted by atomic mass is 32.2. The van der Waals surface area contributed by atoms with Crippen LogP contribution in [0.5, 0.6) is 0 Å². The maximum absolute atomic E-state index is 13.1. The minimum Gasteiger partial charge on any atom is -0.326 e. The normalized spacial score (nSPS) is 12.1. The molecule has 1 heterocycles. The van der Waals surface area contributed by atoms with E-state index in [1.54, 1.807) is 43.7 Å². The summed E-state index contributed by atoms with van der Waals surface area (Å²) in [5.74, 6) is -0.0938. The van der Waals surface area contributed by atoms with Crippen molar-refractivity contribution in [1.29, 1.82) is 0 Å². The van der Waals surface area contributed by atoms with Crippen molar-refractivity contribution >= 4 is 27.3 Å². The Morgan fingerprint density at radius 2 is 1.75 bits per heavy atom. The lowest BCUT2D eigenvalue weighted by atomic mass is 10.1. The molecule has 2 N–H and O–H groups in total. The van der Waals surface area contributed by atoms with E-state index in [2.05, 4.69) is 15.1 Å². The molecular formula is C20H30N4O3S. The van der Waals surface area contributed by atoms with E-state index in [1.165, 1.54) is 0 Å². The van der Waals surface area contributed by atoms with Crippen molar-refractivity contribution in [1.82, 2.24) is 9.78 Å². The summed E-state index contributed by atoms with van der Waals surface area (Å²) in [5, 5.41) is 7.26. The highest BCUT2D eigenvalue weighted by Gasteiger charge is 2.29. The number of aryl methyl sites for hydroxylation is 1. The molecule has 0 aliphatic heterocycles. The molecule has 0 aliphatic rings. The number of anilines is 2. The standard InChI is InChI=1S/C20H30N4O3S/c1-8-10-18(25)21-16-11-9-12-17(13(16)2)23-28(26,27)19-14(3)22-24(15(19)4)20(5,6)7/h9,11-12,23H,8,10H2,1-7H3,(H,21,25). The first-order valence-corrected chi connectivity index (χ1v) is 10.9. The lowest BCUT2D eigenvalue weighted by Crippen LogP contribution is -2.25. The molecule has 0 radical (unpaired) electrons. The Kier molecular flexibility index (Phi) is 6.23. The maximum Gasteiger partial charge on any atom is 0.265 e. The summed E-state index contributed by atoms with van der Waals surface area (Å²) in [6, 6.07) is 5.15. The van der Waals surface area contributed by atoms with Gasteiger partial charge in [-0.15, -0.1) is 0 Å². The quantitative estimate of drug-likeness (QED) is 0.755. The van der Waals surface area contributed by atoms with Crippen LogP contribution in [-0.4, -0.2) is 24.1 Å². The number of benzene rings is 1. The van der Waals surface area contributed by atoms with Crippen LogP contribution < -0.4 is 10.0 Å². The highest BCUT2D eigenvalue weighted by Crippen LogP contribution is 2.29. The van der Waals surface area contributed by atoms with Crippen LogP contribution in [0.4, 0.5) is 11.4 Å². The number of sulfonamides is 1. The molecule has 1 aromatic heterocycles. The van der Waals surface area contributed by atoms with Crippen molar-refractivity contribution in [3.05, 3.63) is 35.2 Å². The van der Waals surface area contributed by atoms with Gasteiger partial charge >= 0.3 is 0 Å².